The molecule has 3 fully saturated rings. The van der Waals surface area contributed by atoms with Crippen molar-refractivity contribution in [3.05, 3.63) is 11.8 Å². The van der Waals surface area contributed by atoms with E-state index in [1.807, 2.05) is 20.8 Å². The van der Waals surface area contributed by atoms with Crippen molar-refractivity contribution in [3.63, 3.8) is 0 Å². The molecule has 122 valence electrons. The number of rotatable bonds is 1. The summed E-state index contributed by atoms with van der Waals surface area (Å²) < 4.78 is 11.7. The Labute approximate surface area is 131 Å². The molecule has 0 bridgehead atoms. The van der Waals surface area contributed by atoms with Gasteiger partial charge in [-0.05, 0) is 47.1 Å². The second kappa shape index (κ2) is 3.64. The number of carbonyl (C=O) groups excluding carboxylic acids is 1. The highest BCUT2D eigenvalue weighted by Gasteiger charge is 2.86. The largest absolute Gasteiger partial charge is 0.491 e. The predicted molar refractivity (Wildman–Crippen MR) is 80.0 cm³/mol. The van der Waals surface area contributed by atoms with E-state index in [0.717, 1.165) is 12.2 Å². The first-order valence-electron chi connectivity index (χ1n) is 8.10. The third-order valence-electron chi connectivity index (χ3n) is 5.97. The van der Waals surface area contributed by atoms with Gasteiger partial charge in [0.25, 0.3) is 0 Å². The highest BCUT2D eigenvalue weighted by Crippen LogP contribution is 2.83. The van der Waals surface area contributed by atoms with Gasteiger partial charge in [0.15, 0.2) is 0 Å². The Hall–Kier alpha value is -1.23. The Morgan fingerprint density at radius 1 is 1.50 bits per heavy atom. The summed E-state index contributed by atoms with van der Waals surface area (Å²) in [6.07, 6.45) is 2.84. The molecule has 1 N–H and O–H groups in total. The molecule has 2 saturated heterocycles. The average molecular weight is 307 g/mol. The smallest absolute Gasteiger partial charge is 0.410 e. The first-order valence-corrected chi connectivity index (χ1v) is 8.10. The summed E-state index contributed by atoms with van der Waals surface area (Å²) in [4.78, 5) is 14.3. The number of amides is 1. The Bertz CT molecular complexity index is 590. The average Bonchev–Trinajstić information content (AvgIpc) is 3.18. The Balaban J connectivity index is 1.66. The van der Waals surface area contributed by atoms with Crippen LogP contribution < -0.4 is 0 Å². The quantitative estimate of drug-likeness (QED) is 0.807. The van der Waals surface area contributed by atoms with Crippen LogP contribution >= 0.6 is 0 Å². The summed E-state index contributed by atoms with van der Waals surface area (Å²) >= 11 is 0. The van der Waals surface area contributed by atoms with Crippen LogP contribution in [0, 0.1) is 16.7 Å². The van der Waals surface area contributed by atoms with Crippen LogP contribution in [-0.4, -0.2) is 46.5 Å². The second-order valence-electron chi connectivity index (χ2n) is 8.79. The summed E-state index contributed by atoms with van der Waals surface area (Å²) in [6, 6.07) is -0.177. The van der Waals surface area contributed by atoms with E-state index in [2.05, 4.69) is 19.9 Å². The maximum Gasteiger partial charge on any atom is 0.410 e. The topological polar surface area (TPSA) is 59.0 Å². The highest BCUT2D eigenvalue weighted by molar-refractivity contribution is 5.71. The SMILES string of the molecule is CC(C)(C)OC(=O)N1CC23C=C2OC(C)(C)C2CC23[C@H]1CO. The lowest BCUT2D eigenvalue weighted by molar-refractivity contribution is -0.0464. The van der Waals surface area contributed by atoms with Crippen LogP contribution in [0.25, 0.3) is 0 Å². The molecule has 2 spiro atoms. The number of hydrogen-bond donors (Lipinski definition) is 1. The second-order valence-corrected chi connectivity index (χ2v) is 8.79. The zero-order valence-electron chi connectivity index (χ0n) is 14.0. The van der Waals surface area contributed by atoms with Gasteiger partial charge >= 0.3 is 6.09 Å². The van der Waals surface area contributed by atoms with Crippen molar-refractivity contribution < 1.29 is 19.4 Å². The van der Waals surface area contributed by atoms with Gasteiger partial charge in [-0.25, -0.2) is 4.79 Å². The van der Waals surface area contributed by atoms with Crippen molar-refractivity contribution in [1.29, 1.82) is 0 Å². The molecule has 4 rings (SSSR count). The van der Waals surface area contributed by atoms with Crippen LogP contribution in [0.4, 0.5) is 4.79 Å². The van der Waals surface area contributed by atoms with E-state index in [1.54, 1.807) is 4.90 Å². The number of hydrogen-bond acceptors (Lipinski definition) is 4. The molecule has 0 aromatic heterocycles. The molecule has 0 radical (unpaired) electrons. The third kappa shape index (κ3) is 1.50. The monoisotopic (exact) mass is 307 g/mol. The zero-order valence-corrected chi connectivity index (χ0v) is 14.0. The maximum atomic E-state index is 12.6. The van der Waals surface area contributed by atoms with E-state index < -0.39 is 5.60 Å². The first-order chi connectivity index (χ1) is 10.1. The number of carbonyl (C=O) groups is 1. The van der Waals surface area contributed by atoms with Crippen molar-refractivity contribution in [1.82, 2.24) is 4.90 Å². The lowest BCUT2D eigenvalue weighted by Crippen LogP contribution is -2.46. The predicted octanol–water partition coefficient (Wildman–Crippen LogP) is 2.30. The van der Waals surface area contributed by atoms with E-state index in [-0.39, 0.29) is 35.2 Å². The molecule has 4 aliphatic rings. The lowest BCUT2D eigenvalue weighted by atomic mass is 9.75. The van der Waals surface area contributed by atoms with Crippen molar-refractivity contribution >= 4 is 6.09 Å². The molecule has 2 aliphatic carbocycles. The summed E-state index contributed by atoms with van der Waals surface area (Å²) in [5.74, 6) is 1.39. The van der Waals surface area contributed by atoms with Gasteiger partial charge < -0.3 is 19.5 Å². The standard InChI is InChI=1S/C17H25NO4/c1-14(2,3)22-13(20)18-9-16-7-12(16)21-15(4,5)10-6-17(10,16)11(18)8-19/h7,10-11,19H,6,8-9H2,1-5H3/t10?,11-,16?,17?/m1/s1. The van der Waals surface area contributed by atoms with Gasteiger partial charge in [0.1, 0.15) is 17.0 Å². The Morgan fingerprint density at radius 2 is 2.18 bits per heavy atom. The fourth-order valence-electron chi connectivity index (χ4n) is 5.03. The van der Waals surface area contributed by atoms with E-state index in [4.69, 9.17) is 9.47 Å². The van der Waals surface area contributed by atoms with Crippen molar-refractivity contribution in [3.8, 4) is 0 Å². The minimum atomic E-state index is -0.529. The first kappa shape index (κ1) is 14.4. The fraction of sp³-hybridized carbons (Fsp3) is 0.824. The van der Waals surface area contributed by atoms with Gasteiger partial charge in [-0.1, -0.05) is 0 Å². The minimum Gasteiger partial charge on any atom is -0.491 e. The summed E-state index contributed by atoms with van der Waals surface area (Å²) in [5.41, 5.74) is -0.935. The maximum absolute atomic E-state index is 12.6. The molecule has 2 heterocycles. The van der Waals surface area contributed by atoms with Crippen molar-refractivity contribution in [2.75, 3.05) is 13.2 Å². The van der Waals surface area contributed by atoms with Gasteiger partial charge in [0.2, 0.25) is 0 Å². The van der Waals surface area contributed by atoms with Gasteiger partial charge in [-0.3, -0.25) is 0 Å². The third-order valence-corrected chi connectivity index (χ3v) is 5.97. The van der Waals surface area contributed by atoms with Gasteiger partial charge in [-0.15, -0.1) is 0 Å². The molecule has 0 aromatic carbocycles. The highest BCUT2D eigenvalue weighted by atomic mass is 16.6. The molecule has 5 nitrogen and oxygen atoms in total. The van der Waals surface area contributed by atoms with Crippen molar-refractivity contribution in [2.45, 2.75) is 58.3 Å². The Morgan fingerprint density at radius 3 is 2.77 bits per heavy atom. The van der Waals surface area contributed by atoms with Crippen LogP contribution in [0.1, 0.15) is 41.0 Å². The van der Waals surface area contributed by atoms with E-state index in [1.165, 1.54) is 0 Å². The molecule has 2 aliphatic heterocycles. The van der Waals surface area contributed by atoms with Crippen LogP contribution in [0.15, 0.2) is 11.8 Å². The molecule has 3 unspecified atom stereocenters. The number of nitrogens with zero attached hydrogens (tertiary/aromatic N) is 1. The molecule has 5 heteroatoms. The lowest BCUT2D eigenvalue weighted by Gasteiger charge is -2.38. The van der Waals surface area contributed by atoms with Crippen LogP contribution in [0.3, 0.4) is 0 Å². The summed E-state index contributed by atoms with van der Waals surface area (Å²) in [7, 11) is 0. The number of ether oxygens (including phenoxy) is 2. The minimum absolute atomic E-state index is 0.0192. The summed E-state index contributed by atoms with van der Waals surface area (Å²) in [6.45, 7) is 10.4. The van der Waals surface area contributed by atoms with Crippen molar-refractivity contribution in [2.24, 2.45) is 16.7 Å². The van der Waals surface area contributed by atoms with Crippen LogP contribution in [0.2, 0.25) is 0 Å². The number of aliphatic hydroxyl groups excluding tert-OH is 1. The van der Waals surface area contributed by atoms with Crippen LogP contribution in [-0.2, 0) is 9.47 Å². The molecule has 22 heavy (non-hydrogen) atoms. The zero-order chi connectivity index (χ0) is 16.1. The van der Waals surface area contributed by atoms with Gasteiger partial charge in [0, 0.05) is 17.9 Å². The van der Waals surface area contributed by atoms with E-state index in [0.29, 0.717) is 12.5 Å². The van der Waals surface area contributed by atoms with E-state index in [9.17, 15) is 9.90 Å². The fourth-order valence-corrected chi connectivity index (χ4v) is 5.03. The number of likely N-dealkylation sites (tertiary alicyclic amines) is 1. The molecule has 1 amide bonds. The normalized spacial score (nSPS) is 43.4. The van der Waals surface area contributed by atoms with Crippen LogP contribution in [0.5, 0.6) is 0 Å². The molecule has 4 atom stereocenters. The van der Waals surface area contributed by atoms with E-state index >= 15 is 0 Å². The van der Waals surface area contributed by atoms with Gasteiger partial charge in [0.05, 0.1) is 18.1 Å². The number of aliphatic hydroxyl groups is 1. The molecule has 1 saturated carbocycles. The van der Waals surface area contributed by atoms with Gasteiger partial charge in [-0.2, -0.15) is 0 Å². The molecular weight excluding hydrogens is 282 g/mol. The molecular formula is C17H25NO4. The molecule has 0 aromatic rings. The Kier molecular flexibility index (Phi) is 2.37. The summed E-state index contributed by atoms with van der Waals surface area (Å²) in [5, 5.41) is 10.0.